The van der Waals surface area contributed by atoms with Gasteiger partial charge in [0.15, 0.2) is 0 Å². The second kappa shape index (κ2) is 7.19. The molecule has 2 fully saturated rings. The maximum atomic E-state index is 12.8. The van der Waals surface area contributed by atoms with Crippen LogP contribution in [0.25, 0.3) is 0 Å². The molecule has 0 N–H and O–H groups in total. The van der Waals surface area contributed by atoms with Gasteiger partial charge in [-0.3, -0.25) is 14.5 Å². The average Bonchev–Trinajstić information content (AvgIpc) is 3.10. The molecule has 1 atom stereocenters. The van der Waals surface area contributed by atoms with Gasteiger partial charge in [-0.2, -0.15) is 13.2 Å². The Hall–Kier alpha value is -1.83. The van der Waals surface area contributed by atoms with Crippen LogP contribution in [0.2, 0.25) is 0 Å². The van der Waals surface area contributed by atoms with Crippen molar-refractivity contribution in [1.82, 2.24) is 14.4 Å². The molecule has 25 heavy (non-hydrogen) atoms. The van der Waals surface area contributed by atoms with E-state index >= 15 is 0 Å². The normalized spacial score (nSPS) is 22.4. The van der Waals surface area contributed by atoms with Crippen LogP contribution in [0.1, 0.15) is 31.2 Å². The van der Waals surface area contributed by atoms with Crippen LogP contribution in [0.5, 0.6) is 0 Å². The van der Waals surface area contributed by atoms with Crippen molar-refractivity contribution in [2.24, 2.45) is 0 Å². The van der Waals surface area contributed by atoms with E-state index in [2.05, 4.69) is 4.90 Å². The number of carbonyl (C=O) groups is 1. The summed E-state index contributed by atoms with van der Waals surface area (Å²) in [7, 11) is 0. The monoisotopic (exact) mass is 357 g/mol. The summed E-state index contributed by atoms with van der Waals surface area (Å²) in [5.74, 6) is -0.301. The standard InChI is InChI=1S/C17H22F3N3O2/c18-17(19,20)14-6-4-10-23(16(14)25)12-15(24)22-9-3-5-13(11-22)21-7-1-2-8-21/h4,6,10,13H,1-3,5,7-9,11-12H2. The van der Waals surface area contributed by atoms with Gasteiger partial charge in [0.2, 0.25) is 5.91 Å². The zero-order valence-corrected chi connectivity index (χ0v) is 14.0. The van der Waals surface area contributed by atoms with Crippen LogP contribution in [0.15, 0.2) is 23.1 Å². The number of halogens is 3. The summed E-state index contributed by atoms with van der Waals surface area (Å²) in [6.07, 6.45) is 0.776. The number of alkyl halides is 3. The van der Waals surface area contributed by atoms with Crippen molar-refractivity contribution in [2.75, 3.05) is 26.2 Å². The van der Waals surface area contributed by atoms with E-state index < -0.39 is 17.3 Å². The third-order valence-corrected chi connectivity index (χ3v) is 5.04. The highest BCUT2D eigenvalue weighted by molar-refractivity contribution is 5.76. The number of hydrogen-bond acceptors (Lipinski definition) is 3. The van der Waals surface area contributed by atoms with Crippen LogP contribution in [-0.2, 0) is 17.5 Å². The molecule has 0 radical (unpaired) electrons. The van der Waals surface area contributed by atoms with Gasteiger partial charge in [-0.05, 0) is 50.9 Å². The van der Waals surface area contributed by atoms with Crippen LogP contribution >= 0.6 is 0 Å². The second-order valence-corrected chi connectivity index (χ2v) is 6.73. The smallest absolute Gasteiger partial charge is 0.340 e. The van der Waals surface area contributed by atoms with Crippen molar-refractivity contribution >= 4 is 5.91 Å². The number of piperidine rings is 1. The van der Waals surface area contributed by atoms with Crippen molar-refractivity contribution in [3.05, 3.63) is 34.2 Å². The largest absolute Gasteiger partial charge is 0.421 e. The number of rotatable bonds is 3. The first-order valence-electron chi connectivity index (χ1n) is 8.65. The predicted molar refractivity (Wildman–Crippen MR) is 86.1 cm³/mol. The molecule has 2 saturated heterocycles. The van der Waals surface area contributed by atoms with E-state index in [9.17, 15) is 22.8 Å². The van der Waals surface area contributed by atoms with E-state index in [1.54, 1.807) is 4.90 Å². The molecule has 2 aliphatic heterocycles. The summed E-state index contributed by atoms with van der Waals surface area (Å²) in [5, 5.41) is 0. The Morgan fingerprint density at radius 3 is 2.56 bits per heavy atom. The molecular weight excluding hydrogens is 335 g/mol. The summed E-state index contributed by atoms with van der Waals surface area (Å²) in [4.78, 5) is 28.5. The van der Waals surface area contributed by atoms with Gasteiger partial charge in [0.25, 0.3) is 5.56 Å². The van der Waals surface area contributed by atoms with Gasteiger partial charge in [0.05, 0.1) is 0 Å². The quantitative estimate of drug-likeness (QED) is 0.831. The zero-order valence-electron chi connectivity index (χ0n) is 14.0. The van der Waals surface area contributed by atoms with E-state index in [1.165, 1.54) is 19.0 Å². The fourth-order valence-electron chi connectivity index (χ4n) is 3.71. The molecule has 2 aliphatic rings. The maximum Gasteiger partial charge on any atom is 0.421 e. The summed E-state index contributed by atoms with van der Waals surface area (Å²) in [6, 6.07) is 2.22. The molecule has 1 aromatic rings. The molecule has 138 valence electrons. The summed E-state index contributed by atoms with van der Waals surface area (Å²) < 4.78 is 39.3. The first-order valence-corrected chi connectivity index (χ1v) is 8.65. The van der Waals surface area contributed by atoms with Crippen LogP contribution in [0, 0.1) is 0 Å². The van der Waals surface area contributed by atoms with Crippen LogP contribution in [-0.4, -0.2) is 52.5 Å². The lowest BCUT2D eigenvalue weighted by atomic mass is 10.0. The van der Waals surface area contributed by atoms with Crippen molar-refractivity contribution in [3.8, 4) is 0 Å². The third-order valence-electron chi connectivity index (χ3n) is 5.04. The molecular formula is C17H22F3N3O2. The van der Waals surface area contributed by atoms with Gasteiger partial charge in [-0.1, -0.05) is 0 Å². The molecule has 3 heterocycles. The third kappa shape index (κ3) is 4.05. The van der Waals surface area contributed by atoms with E-state index in [-0.39, 0.29) is 12.5 Å². The number of aromatic nitrogens is 1. The Balaban J connectivity index is 1.69. The second-order valence-electron chi connectivity index (χ2n) is 6.73. The van der Waals surface area contributed by atoms with E-state index in [0.29, 0.717) is 19.1 Å². The lowest BCUT2D eigenvalue weighted by Crippen LogP contribution is -2.50. The molecule has 1 unspecified atom stereocenters. The van der Waals surface area contributed by atoms with Crippen LogP contribution < -0.4 is 5.56 Å². The van der Waals surface area contributed by atoms with Crippen LogP contribution in [0.3, 0.4) is 0 Å². The van der Waals surface area contributed by atoms with Gasteiger partial charge in [-0.15, -0.1) is 0 Å². The molecule has 0 bridgehead atoms. The summed E-state index contributed by atoms with van der Waals surface area (Å²) in [5.41, 5.74) is -2.41. The van der Waals surface area contributed by atoms with Crippen molar-refractivity contribution in [3.63, 3.8) is 0 Å². The lowest BCUT2D eigenvalue weighted by Gasteiger charge is -2.37. The van der Waals surface area contributed by atoms with E-state index in [0.717, 1.165) is 42.6 Å². The highest BCUT2D eigenvalue weighted by Gasteiger charge is 2.35. The minimum atomic E-state index is -4.71. The number of carbonyl (C=O) groups excluding carboxylic acids is 1. The number of pyridine rings is 1. The molecule has 1 amide bonds. The molecule has 5 nitrogen and oxygen atoms in total. The Morgan fingerprint density at radius 2 is 1.88 bits per heavy atom. The summed E-state index contributed by atoms with van der Waals surface area (Å²) in [6.45, 7) is 2.92. The molecule has 1 aromatic heterocycles. The number of hydrogen-bond donors (Lipinski definition) is 0. The fourth-order valence-corrected chi connectivity index (χ4v) is 3.71. The highest BCUT2D eigenvalue weighted by Crippen LogP contribution is 2.26. The zero-order chi connectivity index (χ0) is 18.0. The Kier molecular flexibility index (Phi) is 5.17. The molecule has 0 spiro atoms. The van der Waals surface area contributed by atoms with Gasteiger partial charge >= 0.3 is 6.18 Å². The van der Waals surface area contributed by atoms with Crippen molar-refractivity contribution < 1.29 is 18.0 Å². The molecule has 3 rings (SSSR count). The van der Waals surface area contributed by atoms with Crippen molar-refractivity contribution in [2.45, 2.75) is 44.4 Å². The minimum absolute atomic E-state index is 0.301. The molecule has 8 heteroatoms. The van der Waals surface area contributed by atoms with Crippen molar-refractivity contribution in [1.29, 1.82) is 0 Å². The van der Waals surface area contributed by atoms with Crippen LogP contribution in [0.4, 0.5) is 13.2 Å². The lowest BCUT2D eigenvalue weighted by molar-refractivity contribution is -0.140. The van der Waals surface area contributed by atoms with Gasteiger partial charge in [-0.25, -0.2) is 0 Å². The molecule has 0 aliphatic carbocycles. The predicted octanol–water partition coefficient (Wildman–Crippen LogP) is 1.95. The van der Waals surface area contributed by atoms with E-state index in [4.69, 9.17) is 0 Å². The Bertz CT molecular complexity index is 680. The minimum Gasteiger partial charge on any atom is -0.340 e. The van der Waals surface area contributed by atoms with Gasteiger partial charge < -0.3 is 9.47 Å². The first-order chi connectivity index (χ1) is 11.9. The molecule has 0 aromatic carbocycles. The average molecular weight is 357 g/mol. The maximum absolute atomic E-state index is 12.8. The first kappa shape index (κ1) is 18.0. The van der Waals surface area contributed by atoms with Gasteiger partial charge in [0, 0.05) is 25.3 Å². The summed E-state index contributed by atoms with van der Waals surface area (Å²) >= 11 is 0. The highest BCUT2D eigenvalue weighted by atomic mass is 19.4. The SMILES string of the molecule is O=C(Cn1cccc(C(F)(F)F)c1=O)N1CCCC(N2CCCC2)C1. The molecule has 0 saturated carbocycles. The number of nitrogens with zero attached hydrogens (tertiary/aromatic N) is 3. The van der Waals surface area contributed by atoms with Gasteiger partial charge in [0.1, 0.15) is 12.1 Å². The Labute approximate surface area is 144 Å². The number of likely N-dealkylation sites (tertiary alicyclic amines) is 2. The Morgan fingerprint density at radius 1 is 1.16 bits per heavy atom. The van der Waals surface area contributed by atoms with E-state index in [1.807, 2.05) is 0 Å². The number of amides is 1. The fraction of sp³-hybridized carbons (Fsp3) is 0.647. The topological polar surface area (TPSA) is 45.6 Å².